The van der Waals surface area contributed by atoms with Gasteiger partial charge in [0.1, 0.15) is 5.82 Å². The zero-order chi connectivity index (χ0) is 16.3. The minimum Gasteiger partial charge on any atom is -0.493 e. The first-order chi connectivity index (χ1) is 10.5. The molecule has 1 aromatic carbocycles. The van der Waals surface area contributed by atoms with Crippen LogP contribution in [-0.4, -0.2) is 23.8 Å². The number of nitrogens with two attached hydrogens (primary N) is 1. The highest BCUT2D eigenvalue weighted by molar-refractivity contribution is 5.81. The zero-order valence-corrected chi connectivity index (χ0v) is 13.8. The Labute approximate surface area is 131 Å². The van der Waals surface area contributed by atoms with E-state index < -0.39 is 0 Å². The predicted molar refractivity (Wildman–Crippen MR) is 89.5 cm³/mol. The van der Waals surface area contributed by atoms with E-state index in [9.17, 15) is 0 Å². The molecule has 0 saturated carbocycles. The molecule has 120 valence electrons. The van der Waals surface area contributed by atoms with Crippen LogP contribution >= 0.6 is 0 Å². The van der Waals surface area contributed by atoms with Gasteiger partial charge in [0.15, 0.2) is 11.5 Å². The number of benzene rings is 1. The van der Waals surface area contributed by atoms with Crippen molar-refractivity contribution in [2.24, 2.45) is 5.73 Å². The van der Waals surface area contributed by atoms with Crippen LogP contribution in [0.3, 0.4) is 0 Å². The van der Waals surface area contributed by atoms with E-state index >= 15 is 0 Å². The largest absolute Gasteiger partial charge is 0.493 e. The molecule has 0 aliphatic carbocycles. The lowest BCUT2D eigenvalue weighted by atomic mass is 10.1. The fourth-order valence-corrected chi connectivity index (χ4v) is 2.63. The van der Waals surface area contributed by atoms with E-state index in [2.05, 4.69) is 18.1 Å². The van der Waals surface area contributed by atoms with Crippen molar-refractivity contribution in [2.45, 2.75) is 39.3 Å². The highest BCUT2D eigenvalue weighted by atomic mass is 16.5. The molecule has 0 aliphatic heterocycles. The van der Waals surface area contributed by atoms with E-state index in [1.807, 2.05) is 19.1 Å². The zero-order valence-electron chi connectivity index (χ0n) is 13.8. The number of hydrogen-bond acceptors (Lipinski definition) is 4. The molecule has 2 rings (SSSR count). The number of ether oxygens (including phenoxy) is 2. The summed E-state index contributed by atoms with van der Waals surface area (Å²) in [6, 6.07) is 3.76. The number of allylic oxidation sites excluding steroid dienone is 1. The van der Waals surface area contributed by atoms with Gasteiger partial charge in [0.25, 0.3) is 0 Å². The van der Waals surface area contributed by atoms with E-state index in [1.165, 1.54) is 0 Å². The van der Waals surface area contributed by atoms with Crippen LogP contribution in [0.1, 0.15) is 38.6 Å². The van der Waals surface area contributed by atoms with Crippen LogP contribution in [0.4, 0.5) is 0 Å². The predicted octanol–water partition coefficient (Wildman–Crippen LogP) is 3.43. The third-order valence-corrected chi connectivity index (χ3v) is 3.64. The Bertz CT molecular complexity index is 676. The Morgan fingerprint density at radius 1 is 1.32 bits per heavy atom. The molecule has 1 atom stereocenters. The van der Waals surface area contributed by atoms with Crippen LogP contribution < -0.4 is 15.2 Å². The van der Waals surface area contributed by atoms with Crippen LogP contribution in [-0.2, 0) is 6.54 Å². The molecular weight excluding hydrogens is 278 g/mol. The Hall–Kier alpha value is -2.01. The molecule has 5 heteroatoms. The van der Waals surface area contributed by atoms with Gasteiger partial charge in [0.05, 0.1) is 31.3 Å². The second-order valence-electron chi connectivity index (χ2n) is 5.60. The van der Waals surface area contributed by atoms with Crippen LogP contribution in [0.15, 0.2) is 24.3 Å². The highest BCUT2D eigenvalue weighted by Crippen LogP contribution is 2.33. The number of hydrogen-bond donors (Lipinski definition) is 1. The molecule has 5 nitrogen and oxygen atoms in total. The first kappa shape index (κ1) is 16.4. The van der Waals surface area contributed by atoms with Gasteiger partial charge in [-0.15, -0.1) is 0 Å². The fraction of sp³-hybridized carbons (Fsp3) is 0.471. The first-order valence-electron chi connectivity index (χ1n) is 7.53. The number of imidazole rings is 1. The van der Waals surface area contributed by atoms with Gasteiger partial charge in [0.2, 0.25) is 0 Å². The summed E-state index contributed by atoms with van der Waals surface area (Å²) in [5.74, 6) is 2.24. The fourth-order valence-electron chi connectivity index (χ4n) is 2.63. The summed E-state index contributed by atoms with van der Waals surface area (Å²) in [5.41, 5.74) is 9.22. The van der Waals surface area contributed by atoms with Gasteiger partial charge in [-0.3, -0.25) is 0 Å². The molecule has 2 aromatic rings. The molecule has 22 heavy (non-hydrogen) atoms. The van der Waals surface area contributed by atoms with Crippen LogP contribution in [0.25, 0.3) is 11.0 Å². The van der Waals surface area contributed by atoms with E-state index in [0.717, 1.165) is 35.3 Å². The van der Waals surface area contributed by atoms with Crippen molar-refractivity contribution in [1.29, 1.82) is 0 Å². The maximum atomic E-state index is 6.31. The van der Waals surface area contributed by atoms with E-state index in [1.54, 1.807) is 14.2 Å². The third-order valence-electron chi connectivity index (χ3n) is 3.64. The third kappa shape index (κ3) is 3.09. The Kier molecular flexibility index (Phi) is 5.08. The van der Waals surface area contributed by atoms with Crippen molar-refractivity contribution < 1.29 is 9.47 Å². The van der Waals surface area contributed by atoms with Crippen molar-refractivity contribution >= 4 is 11.0 Å². The van der Waals surface area contributed by atoms with Gasteiger partial charge in [0, 0.05) is 18.7 Å². The molecule has 1 aromatic heterocycles. The summed E-state index contributed by atoms with van der Waals surface area (Å²) in [4.78, 5) is 4.73. The Balaban J connectivity index is 2.65. The number of nitrogens with zero attached hydrogens (tertiary/aromatic N) is 2. The quantitative estimate of drug-likeness (QED) is 0.796. The summed E-state index contributed by atoms with van der Waals surface area (Å²) in [7, 11) is 3.26. The topological polar surface area (TPSA) is 62.3 Å². The highest BCUT2D eigenvalue weighted by Gasteiger charge is 2.19. The minimum atomic E-state index is -0.0891. The summed E-state index contributed by atoms with van der Waals surface area (Å²) < 4.78 is 12.9. The van der Waals surface area contributed by atoms with Gasteiger partial charge in [-0.1, -0.05) is 25.5 Å². The van der Waals surface area contributed by atoms with Crippen LogP contribution in [0.5, 0.6) is 11.5 Å². The molecule has 1 heterocycles. The van der Waals surface area contributed by atoms with Crippen LogP contribution in [0.2, 0.25) is 0 Å². The van der Waals surface area contributed by atoms with Gasteiger partial charge >= 0.3 is 0 Å². The maximum Gasteiger partial charge on any atom is 0.163 e. The van der Waals surface area contributed by atoms with Gasteiger partial charge in [-0.05, 0) is 13.3 Å². The van der Waals surface area contributed by atoms with Crippen LogP contribution in [0, 0.1) is 0 Å². The molecule has 0 amide bonds. The Morgan fingerprint density at radius 3 is 2.50 bits per heavy atom. The van der Waals surface area contributed by atoms with E-state index in [4.69, 9.17) is 20.2 Å². The summed E-state index contributed by atoms with van der Waals surface area (Å²) in [5, 5.41) is 0. The second-order valence-corrected chi connectivity index (χ2v) is 5.60. The number of methoxy groups -OCH3 is 2. The van der Waals surface area contributed by atoms with Gasteiger partial charge < -0.3 is 19.8 Å². The average molecular weight is 303 g/mol. The van der Waals surface area contributed by atoms with Crippen molar-refractivity contribution in [3.63, 3.8) is 0 Å². The number of rotatable bonds is 7. The molecular formula is C17H25N3O2. The number of aromatic nitrogens is 2. The summed E-state index contributed by atoms with van der Waals surface area (Å²) >= 11 is 0. The van der Waals surface area contributed by atoms with E-state index in [-0.39, 0.29) is 6.04 Å². The van der Waals surface area contributed by atoms with E-state index in [0.29, 0.717) is 18.0 Å². The monoisotopic (exact) mass is 303 g/mol. The first-order valence-corrected chi connectivity index (χ1v) is 7.53. The molecule has 2 N–H and O–H groups in total. The summed E-state index contributed by atoms with van der Waals surface area (Å²) in [6.07, 6.45) is 1.91. The van der Waals surface area contributed by atoms with Crippen molar-refractivity contribution in [3.8, 4) is 11.5 Å². The summed E-state index contributed by atoms with van der Waals surface area (Å²) in [6.45, 7) is 8.83. The van der Waals surface area contributed by atoms with Crippen molar-refractivity contribution in [2.75, 3.05) is 14.2 Å². The molecule has 0 aliphatic rings. The maximum absolute atomic E-state index is 6.31. The molecule has 0 saturated heterocycles. The lowest BCUT2D eigenvalue weighted by molar-refractivity contribution is 0.355. The van der Waals surface area contributed by atoms with Crippen molar-refractivity contribution in [1.82, 2.24) is 9.55 Å². The average Bonchev–Trinajstić information content (AvgIpc) is 2.83. The van der Waals surface area contributed by atoms with Gasteiger partial charge in [-0.25, -0.2) is 4.98 Å². The molecule has 1 unspecified atom stereocenters. The molecule has 0 bridgehead atoms. The smallest absolute Gasteiger partial charge is 0.163 e. The standard InChI is InChI=1S/C17H25N3O2/c1-6-7-12(18)17-19-13-8-15(21-4)16(22-5)9-14(13)20(17)10-11(2)3/h8-9,12H,2,6-7,10,18H2,1,3-5H3. The number of fused-ring (bicyclic) bond motifs is 1. The van der Waals surface area contributed by atoms with Gasteiger partial charge in [-0.2, -0.15) is 0 Å². The van der Waals surface area contributed by atoms with Crippen molar-refractivity contribution in [3.05, 3.63) is 30.1 Å². The Morgan fingerprint density at radius 2 is 1.95 bits per heavy atom. The minimum absolute atomic E-state index is 0.0891. The normalized spacial score (nSPS) is 12.4. The SMILES string of the molecule is C=C(C)Cn1c(C(N)CCC)nc2cc(OC)c(OC)cc21. The molecule has 0 fully saturated rings. The molecule has 0 radical (unpaired) electrons. The lowest BCUT2D eigenvalue weighted by Gasteiger charge is -2.14. The second kappa shape index (κ2) is 6.83. The lowest BCUT2D eigenvalue weighted by Crippen LogP contribution is -2.17. The molecule has 0 spiro atoms.